The number of fused-ring (bicyclic) bond motifs is 5. The van der Waals surface area contributed by atoms with E-state index in [1.165, 1.54) is 57.8 Å². The van der Waals surface area contributed by atoms with E-state index in [1.54, 1.807) is 5.57 Å². The zero-order valence-electron chi connectivity index (χ0n) is 17.5. The summed E-state index contributed by atoms with van der Waals surface area (Å²) in [6.07, 6.45) is 17.5. The first-order valence-corrected chi connectivity index (χ1v) is 11.9. The molecule has 0 aromatic carbocycles. The first kappa shape index (κ1) is 19.0. The zero-order valence-corrected chi connectivity index (χ0v) is 17.5. The molecule has 0 heterocycles. The summed E-state index contributed by atoms with van der Waals surface area (Å²) in [7, 11) is 0. The van der Waals surface area contributed by atoms with E-state index in [0.717, 1.165) is 60.2 Å². The highest BCUT2D eigenvalue weighted by atomic mass is 16.3. The molecule has 8 atom stereocenters. The molecule has 26 heavy (non-hydrogen) atoms. The van der Waals surface area contributed by atoms with Gasteiger partial charge in [0.05, 0.1) is 6.10 Å². The van der Waals surface area contributed by atoms with Gasteiger partial charge in [-0.25, -0.2) is 0 Å². The summed E-state index contributed by atoms with van der Waals surface area (Å²) in [6.45, 7) is 7.31. The average Bonchev–Trinajstić information content (AvgIpc) is 3.05. The first-order valence-electron chi connectivity index (χ1n) is 11.9. The summed E-state index contributed by atoms with van der Waals surface area (Å²) in [5, 5.41) is 10.1. The Bertz CT molecular complexity index is 506. The second kappa shape index (κ2) is 7.98. The number of aliphatic hydroxyl groups is 1. The number of rotatable bonds is 5. The predicted octanol–water partition coefficient (Wildman–Crippen LogP) is 6.61. The van der Waals surface area contributed by atoms with E-state index >= 15 is 0 Å². The van der Waals surface area contributed by atoms with Crippen LogP contribution in [0.5, 0.6) is 0 Å². The van der Waals surface area contributed by atoms with Gasteiger partial charge in [-0.3, -0.25) is 0 Å². The SMILES string of the molecule is CC(C)CCC[C@@H](C)[C@H]1CC[C@@H]2C1CC[C@@H]1C3CCC(O)CC3=CC[C@H]12. The topological polar surface area (TPSA) is 20.2 Å². The van der Waals surface area contributed by atoms with Gasteiger partial charge in [-0.1, -0.05) is 51.7 Å². The van der Waals surface area contributed by atoms with Gasteiger partial charge in [0.25, 0.3) is 0 Å². The molecule has 0 saturated heterocycles. The molecule has 1 nitrogen and oxygen atoms in total. The maximum absolute atomic E-state index is 10.1. The summed E-state index contributed by atoms with van der Waals surface area (Å²) in [6, 6.07) is 0. The van der Waals surface area contributed by atoms with E-state index in [1.807, 2.05) is 0 Å². The summed E-state index contributed by atoms with van der Waals surface area (Å²) in [5.41, 5.74) is 1.64. The Hall–Kier alpha value is -0.300. The molecule has 4 rings (SSSR count). The Morgan fingerprint density at radius 3 is 2.46 bits per heavy atom. The van der Waals surface area contributed by atoms with E-state index in [2.05, 4.69) is 26.8 Å². The third-order valence-electron chi connectivity index (χ3n) is 8.97. The predicted molar refractivity (Wildman–Crippen MR) is 110 cm³/mol. The Morgan fingerprint density at radius 2 is 1.65 bits per heavy atom. The largest absolute Gasteiger partial charge is 0.393 e. The molecule has 1 heteroatoms. The standard InChI is InChI=1S/C25H42O/c1-16(2)5-4-6-17(3)20-11-12-25-22(20)13-14-23-21-10-8-19(26)15-18(21)7-9-24(23)25/h7,16-17,19-26H,4-6,8-15H2,1-3H3/t17-,19?,20-,21?,22?,23-,24-,25-/m1/s1. The Labute approximate surface area is 162 Å². The third-order valence-corrected chi connectivity index (χ3v) is 8.97. The molecule has 148 valence electrons. The molecule has 3 unspecified atom stereocenters. The molecule has 4 aliphatic rings. The van der Waals surface area contributed by atoms with Crippen LogP contribution in [-0.4, -0.2) is 11.2 Å². The van der Waals surface area contributed by atoms with E-state index in [0.29, 0.717) is 0 Å². The molecule has 3 saturated carbocycles. The maximum Gasteiger partial charge on any atom is 0.0577 e. The van der Waals surface area contributed by atoms with Crippen molar-refractivity contribution in [3.8, 4) is 0 Å². The smallest absolute Gasteiger partial charge is 0.0577 e. The van der Waals surface area contributed by atoms with Crippen LogP contribution in [-0.2, 0) is 0 Å². The van der Waals surface area contributed by atoms with Crippen molar-refractivity contribution in [3.05, 3.63) is 11.6 Å². The van der Waals surface area contributed by atoms with Crippen molar-refractivity contribution in [2.75, 3.05) is 0 Å². The Balaban J connectivity index is 1.39. The van der Waals surface area contributed by atoms with Crippen molar-refractivity contribution < 1.29 is 5.11 Å². The van der Waals surface area contributed by atoms with Crippen molar-refractivity contribution in [1.29, 1.82) is 0 Å². The summed E-state index contributed by atoms with van der Waals surface area (Å²) < 4.78 is 0. The van der Waals surface area contributed by atoms with Crippen LogP contribution >= 0.6 is 0 Å². The third kappa shape index (κ3) is 3.67. The molecule has 0 spiro atoms. The summed E-state index contributed by atoms with van der Waals surface area (Å²) in [5.74, 6) is 7.66. The van der Waals surface area contributed by atoms with Crippen LogP contribution in [0.4, 0.5) is 0 Å². The Kier molecular flexibility index (Phi) is 5.84. The van der Waals surface area contributed by atoms with Gasteiger partial charge in [0.15, 0.2) is 0 Å². The molecular formula is C25H42O. The van der Waals surface area contributed by atoms with Crippen LogP contribution in [0.1, 0.15) is 91.4 Å². The van der Waals surface area contributed by atoms with Crippen LogP contribution in [0.3, 0.4) is 0 Å². The quantitative estimate of drug-likeness (QED) is 0.548. The summed E-state index contributed by atoms with van der Waals surface area (Å²) >= 11 is 0. The first-order chi connectivity index (χ1) is 12.5. The lowest BCUT2D eigenvalue weighted by atomic mass is 9.56. The lowest BCUT2D eigenvalue weighted by molar-refractivity contribution is 0.0281. The lowest BCUT2D eigenvalue weighted by Crippen LogP contribution is -2.42. The van der Waals surface area contributed by atoms with Crippen LogP contribution < -0.4 is 0 Å². The van der Waals surface area contributed by atoms with Crippen molar-refractivity contribution in [2.45, 2.75) is 97.5 Å². The van der Waals surface area contributed by atoms with Crippen molar-refractivity contribution in [3.63, 3.8) is 0 Å². The van der Waals surface area contributed by atoms with Gasteiger partial charge in [0, 0.05) is 0 Å². The van der Waals surface area contributed by atoms with E-state index in [9.17, 15) is 5.11 Å². The molecule has 0 amide bonds. The van der Waals surface area contributed by atoms with Gasteiger partial charge in [-0.15, -0.1) is 0 Å². The van der Waals surface area contributed by atoms with Crippen molar-refractivity contribution in [1.82, 2.24) is 0 Å². The lowest BCUT2D eigenvalue weighted by Gasteiger charge is -2.50. The molecule has 1 N–H and O–H groups in total. The van der Waals surface area contributed by atoms with Gasteiger partial charge in [0.1, 0.15) is 0 Å². The Morgan fingerprint density at radius 1 is 0.885 bits per heavy atom. The van der Waals surface area contributed by atoms with Crippen molar-refractivity contribution in [2.24, 2.45) is 47.3 Å². The van der Waals surface area contributed by atoms with E-state index in [-0.39, 0.29) is 6.10 Å². The fourth-order valence-electron chi connectivity index (χ4n) is 7.72. The van der Waals surface area contributed by atoms with Crippen LogP contribution in [0, 0.1) is 47.3 Å². The number of hydrogen-bond donors (Lipinski definition) is 1. The number of hydrogen-bond acceptors (Lipinski definition) is 1. The van der Waals surface area contributed by atoms with Gasteiger partial charge in [-0.2, -0.15) is 0 Å². The van der Waals surface area contributed by atoms with E-state index in [4.69, 9.17) is 0 Å². The van der Waals surface area contributed by atoms with E-state index < -0.39 is 0 Å². The monoisotopic (exact) mass is 358 g/mol. The fraction of sp³-hybridized carbons (Fsp3) is 0.920. The normalized spacial score (nSPS) is 43.4. The molecule has 3 fully saturated rings. The molecular weight excluding hydrogens is 316 g/mol. The maximum atomic E-state index is 10.1. The van der Waals surface area contributed by atoms with Gasteiger partial charge < -0.3 is 5.11 Å². The summed E-state index contributed by atoms with van der Waals surface area (Å²) in [4.78, 5) is 0. The minimum atomic E-state index is -0.0482. The van der Waals surface area contributed by atoms with Gasteiger partial charge >= 0.3 is 0 Å². The van der Waals surface area contributed by atoms with Gasteiger partial charge in [-0.05, 0) is 98.7 Å². The van der Waals surface area contributed by atoms with Crippen molar-refractivity contribution >= 4 is 0 Å². The van der Waals surface area contributed by atoms with Gasteiger partial charge in [0.2, 0.25) is 0 Å². The molecule has 0 aromatic heterocycles. The number of aliphatic hydroxyl groups excluding tert-OH is 1. The molecule has 0 radical (unpaired) electrons. The van der Waals surface area contributed by atoms with Crippen LogP contribution in [0.25, 0.3) is 0 Å². The van der Waals surface area contributed by atoms with Crippen LogP contribution in [0.2, 0.25) is 0 Å². The highest BCUT2D eigenvalue weighted by Crippen LogP contribution is 2.59. The average molecular weight is 359 g/mol. The molecule has 4 aliphatic carbocycles. The molecule has 0 aromatic rings. The highest BCUT2D eigenvalue weighted by Gasteiger charge is 2.50. The van der Waals surface area contributed by atoms with Crippen LogP contribution in [0.15, 0.2) is 11.6 Å². The highest BCUT2D eigenvalue weighted by molar-refractivity contribution is 5.19. The number of allylic oxidation sites excluding steroid dienone is 1. The zero-order chi connectivity index (χ0) is 18.3. The minimum Gasteiger partial charge on any atom is -0.393 e. The molecule has 0 aliphatic heterocycles. The second-order valence-corrected chi connectivity index (χ2v) is 10.8. The molecule has 0 bridgehead atoms. The fourth-order valence-corrected chi connectivity index (χ4v) is 7.72. The minimum absolute atomic E-state index is 0.0482. The second-order valence-electron chi connectivity index (χ2n) is 10.8.